The second-order valence-corrected chi connectivity index (χ2v) is 4.59. The van der Waals surface area contributed by atoms with Gasteiger partial charge in [0.05, 0.1) is 6.07 Å². The Morgan fingerprint density at radius 2 is 2.12 bits per heavy atom. The molecule has 1 aromatic carbocycles. The lowest BCUT2D eigenvalue weighted by Crippen LogP contribution is -2.29. The van der Waals surface area contributed by atoms with Gasteiger partial charge in [0.2, 0.25) is 5.91 Å². The molecule has 1 rings (SSSR count). The third-order valence-corrected chi connectivity index (χ3v) is 2.52. The zero-order valence-electron chi connectivity index (χ0n) is 9.47. The molecule has 16 heavy (non-hydrogen) atoms. The third kappa shape index (κ3) is 2.74. The number of nitrogens with one attached hydrogen (secondary N) is 1. The summed E-state index contributed by atoms with van der Waals surface area (Å²) in [6.45, 7) is 5.00. The van der Waals surface area contributed by atoms with Crippen molar-refractivity contribution >= 4 is 23.2 Å². The van der Waals surface area contributed by atoms with Crippen LogP contribution in [0.3, 0.4) is 0 Å². The van der Waals surface area contributed by atoms with Crippen LogP contribution in [0.15, 0.2) is 18.2 Å². The first-order valence-electron chi connectivity index (χ1n) is 4.85. The van der Waals surface area contributed by atoms with Crippen LogP contribution >= 0.6 is 11.6 Å². The number of nitrogens with zero attached hydrogens (tertiary/aromatic N) is 1. The van der Waals surface area contributed by atoms with Crippen molar-refractivity contribution in [2.24, 2.45) is 5.41 Å². The van der Waals surface area contributed by atoms with Gasteiger partial charge in [-0.25, -0.2) is 0 Å². The van der Waals surface area contributed by atoms with Crippen molar-refractivity contribution in [1.82, 2.24) is 0 Å². The Kier molecular flexibility index (Phi) is 3.56. The van der Waals surface area contributed by atoms with Crippen molar-refractivity contribution in [1.29, 1.82) is 5.26 Å². The molecule has 1 amide bonds. The van der Waals surface area contributed by atoms with E-state index >= 15 is 0 Å². The maximum Gasteiger partial charge on any atom is 0.244 e. The van der Waals surface area contributed by atoms with Crippen molar-refractivity contribution in [3.05, 3.63) is 28.8 Å². The van der Waals surface area contributed by atoms with Gasteiger partial charge < -0.3 is 5.32 Å². The summed E-state index contributed by atoms with van der Waals surface area (Å²) in [4.78, 5) is 11.7. The van der Waals surface area contributed by atoms with Crippen LogP contribution in [0.2, 0.25) is 5.02 Å². The van der Waals surface area contributed by atoms with Gasteiger partial charge in [0, 0.05) is 10.7 Å². The molecule has 1 aromatic rings. The molecule has 84 valence electrons. The van der Waals surface area contributed by atoms with Gasteiger partial charge in [0.15, 0.2) is 0 Å². The zero-order valence-corrected chi connectivity index (χ0v) is 10.2. The van der Waals surface area contributed by atoms with E-state index in [-0.39, 0.29) is 5.91 Å². The standard InChI is InChI=1S/C12H13ClN2O/c1-8-6-9(13)4-5-10(8)15-11(16)12(2,3)7-14/h4-6H,1-3H3,(H,15,16). The van der Waals surface area contributed by atoms with Crippen LogP contribution < -0.4 is 5.32 Å². The Balaban J connectivity index is 2.91. The minimum atomic E-state index is -1.04. The number of benzene rings is 1. The molecule has 0 heterocycles. The molecule has 3 nitrogen and oxygen atoms in total. The van der Waals surface area contributed by atoms with E-state index in [4.69, 9.17) is 16.9 Å². The third-order valence-electron chi connectivity index (χ3n) is 2.28. The van der Waals surface area contributed by atoms with Gasteiger partial charge >= 0.3 is 0 Å². The molecular weight excluding hydrogens is 224 g/mol. The van der Waals surface area contributed by atoms with Gasteiger partial charge in [-0.1, -0.05) is 11.6 Å². The second kappa shape index (κ2) is 4.54. The molecule has 0 radical (unpaired) electrons. The van der Waals surface area contributed by atoms with Gasteiger partial charge in [-0.2, -0.15) is 5.26 Å². The number of carbonyl (C=O) groups excluding carboxylic acids is 1. The van der Waals surface area contributed by atoms with Gasteiger partial charge in [-0.3, -0.25) is 4.79 Å². The molecule has 1 N–H and O–H groups in total. The number of aryl methyl sites for hydroxylation is 1. The molecule has 0 saturated heterocycles. The largest absolute Gasteiger partial charge is 0.324 e. The summed E-state index contributed by atoms with van der Waals surface area (Å²) in [5.74, 6) is -0.319. The number of rotatable bonds is 2. The van der Waals surface area contributed by atoms with Crippen molar-refractivity contribution in [2.45, 2.75) is 20.8 Å². The highest BCUT2D eigenvalue weighted by molar-refractivity contribution is 6.30. The van der Waals surface area contributed by atoms with Crippen LogP contribution in [0, 0.1) is 23.7 Å². The maximum absolute atomic E-state index is 11.7. The smallest absolute Gasteiger partial charge is 0.244 e. The number of hydrogen-bond donors (Lipinski definition) is 1. The molecule has 0 fully saturated rings. The van der Waals surface area contributed by atoms with Gasteiger partial charge in [-0.15, -0.1) is 0 Å². The van der Waals surface area contributed by atoms with Crippen molar-refractivity contribution in [2.75, 3.05) is 5.32 Å². The number of halogens is 1. The van der Waals surface area contributed by atoms with Crippen LogP contribution in [0.4, 0.5) is 5.69 Å². The average molecular weight is 237 g/mol. The van der Waals surface area contributed by atoms with E-state index in [9.17, 15) is 4.79 Å². The summed E-state index contributed by atoms with van der Waals surface area (Å²) < 4.78 is 0. The summed E-state index contributed by atoms with van der Waals surface area (Å²) in [6, 6.07) is 7.14. The first-order chi connectivity index (χ1) is 7.36. The van der Waals surface area contributed by atoms with Crippen LogP contribution in [0.1, 0.15) is 19.4 Å². The number of hydrogen-bond acceptors (Lipinski definition) is 2. The quantitative estimate of drug-likeness (QED) is 0.858. The van der Waals surface area contributed by atoms with Gasteiger partial charge in [0.25, 0.3) is 0 Å². The van der Waals surface area contributed by atoms with E-state index < -0.39 is 5.41 Å². The van der Waals surface area contributed by atoms with Gasteiger partial charge in [0.1, 0.15) is 5.41 Å². The van der Waals surface area contributed by atoms with E-state index in [1.54, 1.807) is 32.0 Å². The fraction of sp³-hybridized carbons (Fsp3) is 0.333. The summed E-state index contributed by atoms with van der Waals surface area (Å²) >= 11 is 5.81. The Bertz CT molecular complexity index is 461. The summed E-state index contributed by atoms with van der Waals surface area (Å²) in [7, 11) is 0. The SMILES string of the molecule is Cc1cc(Cl)ccc1NC(=O)C(C)(C)C#N. The Morgan fingerprint density at radius 3 is 2.62 bits per heavy atom. The molecule has 0 bridgehead atoms. The molecule has 0 unspecified atom stereocenters. The second-order valence-electron chi connectivity index (χ2n) is 4.15. The Labute approximate surface area is 100 Å². The van der Waals surface area contributed by atoms with Crippen molar-refractivity contribution in [3.63, 3.8) is 0 Å². The topological polar surface area (TPSA) is 52.9 Å². The Morgan fingerprint density at radius 1 is 1.50 bits per heavy atom. The van der Waals surface area contributed by atoms with Gasteiger partial charge in [-0.05, 0) is 44.5 Å². The van der Waals surface area contributed by atoms with E-state index in [0.717, 1.165) is 5.56 Å². The van der Waals surface area contributed by atoms with Crippen molar-refractivity contribution in [3.8, 4) is 6.07 Å². The summed E-state index contributed by atoms with van der Waals surface area (Å²) in [6.07, 6.45) is 0. The highest BCUT2D eigenvalue weighted by atomic mass is 35.5. The number of anilines is 1. The summed E-state index contributed by atoms with van der Waals surface area (Å²) in [5, 5.41) is 12.2. The van der Waals surface area contributed by atoms with E-state index in [2.05, 4.69) is 5.32 Å². The van der Waals surface area contributed by atoms with Crippen LogP contribution in [-0.2, 0) is 4.79 Å². The Hall–Kier alpha value is -1.53. The van der Waals surface area contributed by atoms with Crippen molar-refractivity contribution < 1.29 is 4.79 Å². The van der Waals surface area contributed by atoms with E-state index in [0.29, 0.717) is 10.7 Å². The molecule has 4 heteroatoms. The lowest BCUT2D eigenvalue weighted by molar-refractivity contribution is -0.121. The van der Waals surface area contributed by atoms with Crippen LogP contribution in [0.5, 0.6) is 0 Å². The molecule has 0 spiro atoms. The predicted octanol–water partition coefficient (Wildman–Crippen LogP) is 3.14. The molecule has 0 aliphatic heterocycles. The average Bonchev–Trinajstić information content (AvgIpc) is 2.22. The molecule has 0 aromatic heterocycles. The molecule has 0 saturated carbocycles. The minimum Gasteiger partial charge on any atom is -0.324 e. The first-order valence-corrected chi connectivity index (χ1v) is 5.23. The minimum absolute atomic E-state index is 0.319. The summed E-state index contributed by atoms with van der Waals surface area (Å²) in [5.41, 5.74) is 0.513. The van der Waals surface area contributed by atoms with E-state index in [1.807, 2.05) is 13.0 Å². The lowest BCUT2D eigenvalue weighted by atomic mass is 9.94. The fourth-order valence-corrected chi connectivity index (χ4v) is 1.32. The highest BCUT2D eigenvalue weighted by Gasteiger charge is 2.27. The zero-order chi connectivity index (χ0) is 12.3. The van der Waals surface area contributed by atoms with Crippen LogP contribution in [-0.4, -0.2) is 5.91 Å². The fourth-order valence-electron chi connectivity index (χ4n) is 1.10. The van der Waals surface area contributed by atoms with Crippen LogP contribution in [0.25, 0.3) is 0 Å². The predicted molar refractivity (Wildman–Crippen MR) is 64.2 cm³/mol. The maximum atomic E-state index is 11.7. The number of carbonyl (C=O) groups is 1. The molecule has 0 atom stereocenters. The molecular formula is C12H13ClN2O. The molecule has 0 aliphatic carbocycles. The number of nitriles is 1. The first kappa shape index (κ1) is 12.5. The monoisotopic (exact) mass is 236 g/mol. The molecule has 0 aliphatic rings. The highest BCUT2D eigenvalue weighted by Crippen LogP contribution is 2.22. The normalized spacial score (nSPS) is 10.7. The lowest BCUT2D eigenvalue weighted by Gasteiger charge is -2.16. The number of amides is 1. The van der Waals surface area contributed by atoms with E-state index in [1.165, 1.54) is 0 Å².